The van der Waals surface area contributed by atoms with Gasteiger partial charge in [-0.05, 0) is 44.0 Å². The fourth-order valence-corrected chi connectivity index (χ4v) is 2.57. The number of hydrogen-bond donors (Lipinski definition) is 2. The van der Waals surface area contributed by atoms with Crippen LogP contribution < -0.4 is 10.1 Å². The van der Waals surface area contributed by atoms with Gasteiger partial charge >= 0.3 is 0 Å². The summed E-state index contributed by atoms with van der Waals surface area (Å²) in [6.45, 7) is 0.389. The molecule has 5 heteroatoms. The molecule has 1 fully saturated rings. The van der Waals surface area contributed by atoms with E-state index in [4.69, 9.17) is 4.74 Å². The molecule has 0 radical (unpaired) electrons. The van der Waals surface area contributed by atoms with Crippen molar-refractivity contribution in [3.63, 3.8) is 0 Å². The minimum absolute atomic E-state index is 0.379. The molecule has 2 atom stereocenters. The van der Waals surface area contributed by atoms with Crippen LogP contribution in [-0.4, -0.2) is 24.4 Å². The molecule has 1 aromatic carbocycles. The van der Waals surface area contributed by atoms with Crippen LogP contribution in [0.15, 0.2) is 12.1 Å². The summed E-state index contributed by atoms with van der Waals surface area (Å²) in [4.78, 5) is 0. The van der Waals surface area contributed by atoms with E-state index < -0.39 is 23.8 Å². The molecule has 1 aliphatic carbocycles. The Bertz CT molecular complexity index is 430. The summed E-state index contributed by atoms with van der Waals surface area (Å²) in [5.74, 6) is -1.81. The van der Waals surface area contributed by atoms with Gasteiger partial charge in [0, 0.05) is 6.54 Å². The third-order valence-electron chi connectivity index (χ3n) is 3.63. The van der Waals surface area contributed by atoms with E-state index in [1.54, 1.807) is 7.05 Å². The SMILES string of the molecule is CNCc1cc(F)c(OC2CCCCCC2O)c(F)c1. The lowest BCUT2D eigenvalue weighted by Crippen LogP contribution is -2.31. The Morgan fingerprint density at radius 1 is 1.20 bits per heavy atom. The Hall–Kier alpha value is -1.20. The summed E-state index contributed by atoms with van der Waals surface area (Å²) in [7, 11) is 1.71. The predicted molar refractivity (Wildman–Crippen MR) is 72.6 cm³/mol. The number of rotatable bonds is 4. The number of ether oxygens (including phenoxy) is 1. The summed E-state index contributed by atoms with van der Waals surface area (Å²) in [5, 5.41) is 12.8. The highest BCUT2D eigenvalue weighted by Crippen LogP contribution is 2.28. The van der Waals surface area contributed by atoms with Gasteiger partial charge in [-0.25, -0.2) is 8.78 Å². The molecule has 0 aromatic heterocycles. The van der Waals surface area contributed by atoms with Gasteiger partial charge in [0.05, 0.1) is 6.10 Å². The van der Waals surface area contributed by atoms with E-state index >= 15 is 0 Å². The van der Waals surface area contributed by atoms with Crippen molar-refractivity contribution in [2.45, 2.75) is 50.9 Å². The largest absolute Gasteiger partial charge is 0.482 e. The van der Waals surface area contributed by atoms with Crippen molar-refractivity contribution in [2.75, 3.05) is 7.05 Å². The Morgan fingerprint density at radius 2 is 1.85 bits per heavy atom. The zero-order valence-electron chi connectivity index (χ0n) is 11.7. The highest BCUT2D eigenvalue weighted by atomic mass is 19.1. The summed E-state index contributed by atoms with van der Waals surface area (Å²) < 4.78 is 33.3. The molecule has 0 bridgehead atoms. The molecule has 3 nitrogen and oxygen atoms in total. The second-order valence-corrected chi connectivity index (χ2v) is 5.28. The number of nitrogens with one attached hydrogen (secondary N) is 1. The molecule has 0 heterocycles. The molecule has 0 aliphatic heterocycles. The van der Waals surface area contributed by atoms with Crippen LogP contribution in [0.3, 0.4) is 0 Å². The predicted octanol–water partition coefficient (Wildman–Crippen LogP) is 2.76. The van der Waals surface area contributed by atoms with Crippen molar-refractivity contribution in [1.82, 2.24) is 5.32 Å². The number of aliphatic hydroxyl groups is 1. The lowest BCUT2D eigenvalue weighted by Gasteiger charge is -2.22. The fraction of sp³-hybridized carbons (Fsp3) is 0.600. The number of aliphatic hydroxyl groups excluding tert-OH is 1. The van der Waals surface area contributed by atoms with E-state index in [2.05, 4.69) is 5.32 Å². The van der Waals surface area contributed by atoms with Crippen LogP contribution in [0, 0.1) is 11.6 Å². The van der Waals surface area contributed by atoms with Crippen molar-refractivity contribution in [3.8, 4) is 5.75 Å². The minimum atomic E-state index is -0.716. The zero-order chi connectivity index (χ0) is 14.5. The molecule has 1 aliphatic rings. The van der Waals surface area contributed by atoms with Gasteiger partial charge in [0.15, 0.2) is 17.4 Å². The zero-order valence-corrected chi connectivity index (χ0v) is 11.7. The Kier molecular flexibility index (Phi) is 5.31. The van der Waals surface area contributed by atoms with E-state index in [0.29, 0.717) is 24.9 Å². The van der Waals surface area contributed by atoms with Gasteiger partial charge in [-0.2, -0.15) is 0 Å². The highest BCUT2D eigenvalue weighted by Gasteiger charge is 2.25. The molecule has 1 saturated carbocycles. The second kappa shape index (κ2) is 6.99. The topological polar surface area (TPSA) is 41.5 Å². The standard InChI is InChI=1S/C15H21F2NO2/c1-18-9-10-7-11(16)15(12(17)8-10)20-14-6-4-2-3-5-13(14)19/h7-8,13-14,18-19H,2-6,9H2,1H3. The quantitative estimate of drug-likeness (QED) is 0.836. The minimum Gasteiger partial charge on any atom is -0.482 e. The van der Waals surface area contributed by atoms with E-state index in [-0.39, 0.29) is 5.75 Å². The first-order valence-electron chi connectivity index (χ1n) is 7.09. The molecule has 20 heavy (non-hydrogen) atoms. The second-order valence-electron chi connectivity index (χ2n) is 5.28. The third-order valence-corrected chi connectivity index (χ3v) is 3.63. The molecule has 2 N–H and O–H groups in total. The smallest absolute Gasteiger partial charge is 0.191 e. The van der Waals surface area contributed by atoms with Crippen molar-refractivity contribution in [2.24, 2.45) is 0 Å². The van der Waals surface area contributed by atoms with Gasteiger partial charge in [0.1, 0.15) is 6.10 Å². The molecule has 2 unspecified atom stereocenters. The van der Waals surface area contributed by atoms with Gasteiger partial charge in [0.25, 0.3) is 0 Å². The van der Waals surface area contributed by atoms with Crippen molar-refractivity contribution >= 4 is 0 Å². The molecule has 1 aromatic rings. The summed E-state index contributed by atoms with van der Waals surface area (Å²) in [6, 6.07) is 2.52. The molecular weight excluding hydrogens is 264 g/mol. The van der Waals surface area contributed by atoms with Gasteiger partial charge in [-0.3, -0.25) is 0 Å². The summed E-state index contributed by atoms with van der Waals surface area (Å²) in [5.41, 5.74) is 0.524. The molecule has 0 amide bonds. The van der Waals surface area contributed by atoms with Crippen LogP contribution in [0.4, 0.5) is 8.78 Å². The molecule has 112 valence electrons. The highest BCUT2D eigenvalue weighted by molar-refractivity contribution is 5.31. The number of halogens is 2. The van der Waals surface area contributed by atoms with Crippen LogP contribution in [0.5, 0.6) is 5.75 Å². The summed E-state index contributed by atoms with van der Waals surface area (Å²) >= 11 is 0. The van der Waals surface area contributed by atoms with Gasteiger partial charge < -0.3 is 15.2 Å². The molecule has 2 rings (SSSR count). The normalized spacial score (nSPS) is 23.4. The van der Waals surface area contributed by atoms with Crippen LogP contribution in [0.1, 0.15) is 37.7 Å². The van der Waals surface area contributed by atoms with Crippen LogP contribution >= 0.6 is 0 Å². The van der Waals surface area contributed by atoms with Crippen LogP contribution in [0.25, 0.3) is 0 Å². The van der Waals surface area contributed by atoms with Crippen molar-refractivity contribution in [1.29, 1.82) is 0 Å². The summed E-state index contributed by atoms with van der Waals surface area (Å²) in [6.07, 6.45) is 2.90. The Morgan fingerprint density at radius 3 is 2.50 bits per heavy atom. The monoisotopic (exact) mass is 285 g/mol. The average Bonchev–Trinajstić information content (AvgIpc) is 2.59. The average molecular weight is 285 g/mol. The lowest BCUT2D eigenvalue weighted by atomic mass is 10.1. The van der Waals surface area contributed by atoms with Crippen molar-refractivity contribution < 1.29 is 18.6 Å². The molecular formula is C15H21F2NO2. The number of benzene rings is 1. The maximum Gasteiger partial charge on any atom is 0.191 e. The molecule has 0 saturated heterocycles. The number of hydrogen-bond acceptors (Lipinski definition) is 3. The third kappa shape index (κ3) is 3.67. The Labute approximate surface area is 117 Å². The van der Waals surface area contributed by atoms with Gasteiger partial charge in [0.2, 0.25) is 0 Å². The van der Waals surface area contributed by atoms with Crippen LogP contribution in [-0.2, 0) is 6.54 Å². The van der Waals surface area contributed by atoms with Crippen molar-refractivity contribution in [3.05, 3.63) is 29.3 Å². The van der Waals surface area contributed by atoms with Crippen LogP contribution in [0.2, 0.25) is 0 Å². The Balaban J connectivity index is 2.15. The molecule has 0 spiro atoms. The first kappa shape index (κ1) is 15.2. The first-order valence-corrected chi connectivity index (χ1v) is 7.09. The van der Waals surface area contributed by atoms with E-state index in [0.717, 1.165) is 19.3 Å². The fourth-order valence-electron chi connectivity index (χ4n) is 2.57. The van der Waals surface area contributed by atoms with E-state index in [9.17, 15) is 13.9 Å². The first-order chi connectivity index (χ1) is 9.61. The maximum atomic E-state index is 13.9. The van der Waals surface area contributed by atoms with E-state index in [1.807, 2.05) is 0 Å². The van der Waals surface area contributed by atoms with Gasteiger partial charge in [-0.15, -0.1) is 0 Å². The maximum absolute atomic E-state index is 13.9. The van der Waals surface area contributed by atoms with E-state index in [1.165, 1.54) is 12.1 Å². The lowest BCUT2D eigenvalue weighted by molar-refractivity contribution is 0.0274. The van der Waals surface area contributed by atoms with Gasteiger partial charge in [-0.1, -0.05) is 12.8 Å².